The van der Waals surface area contributed by atoms with Gasteiger partial charge in [0, 0.05) is 10.5 Å². The third-order valence-corrected chi connectivity index (χ3v) is 2.69. The summed E-state index contributed by atoms with van der Waals surface area (Å²) in [6.07, 6.45) is -0.255. The Kier molecular flexibility index (Phi) is 3.95. The van der Waals surface area contributed by atoms with E-state index in [-0.39, 0.29) is 12.0 Å². The van der Waals surface area contributed by atoms with Gasteiger partial charge in [-0.05, 0) is 17.9 Å². The number of hydrogen-bond acceptors (Lipinski definition) is 2. The molecule has 0 spiro atoms. The van der Waals surface area contributed by atoms with Crippen molar-refractivity contribution in [2.75, 3.05) is 5.75 Å². The first-order chi connectivity index (χ1) is 6.65. The van der Waals surface area contributed by atoms with Crippen LogP contribution in [0.2, 0.25) is 0 Å². The van der Waals surface area contributed by atoms with E-state index in [4.69, 9.17) is 5.11 Å². The van der Waals surface area contributed by atoms with E-state index < -0.39 is 11.8 Å². The molecule has 0 aromatic heterocycles. The van der Waals surface area contributed by atoms with Crippen LogP contribution in [-0.2, 0) is 11.2 Å². The molecule has 4 heteroatoms. The quantitative estimate of drug-likeness (QED) is 0.783. The van der Waals surface area contributed by atoms with Crippen LogP contribution >= 0.6 is 11.8 Å². The first-order valence-electron chi connectivity index (χ1n) is 4.27. The van der Waals surface area contributed by atoms with E-state index in [9.17, 15) is 9.18 Å². The Hall–Kier alpha value is -1.03. The van der Waals surface area contributed by atoms with Gasteiger partial charge < -0.3 is 5.11 Å². The first kappa shape index (κ1) is 11.0. The summed E-state index contributed by atoms with van der Waals surface area (Å²) in [6.45, 7) is 1.94. The van der Waals surface area contributed by atoms with Crippen molar-refractivity contribution in [3.05, 3.63) is 29.6 Å². The minimum absolute atomic E-state index is 0.255. The van der Waals surface area contributed by atoms with Gasteiger partial charge in [0.15, 0.2) is 0 Å². The lowest BCUT2D eigenvalue weighted by atomic mass is 10.1. The summed E-state index contributed by atoms with van der Waals surface area (Å²) >= 11 is 1.45. The van der Waals surface area contributed by atoms with E-state index in [2.05, 4.69) is 0 Å². The molecular formula is C10H11FO2S. The maximum atomic E-state index is 13.3. The zero-order valence-electron chi connectivity index (χ0n) is 7.79. The highest BCUT2D eigenvalue weighted by molar-refractivity contribution is 7.99. The molecule has 0 unspecified atom stereocenters. The second-order valence-electron chi connectivity index (χ2n) is 2.72. The van der Waals surface area contributed by atoms with E-state index in [1.807, 2.05) is 6.92 Å². The summed E-state index contributed by atoms with van der Waals surface area (Å²) in [6, 6.07) is 4.63. The first-order valence-corrected chi connectivity index (χ1v) is 5.25. The van der Waals surface area contributed by atoms with Gasteiger partial charge in [-0.25, -0.2) is 4.39 Å². The number of carbonyl (C=O) groups is 1. The smallest absolute Gasteiger partial charge is 0.307 e. The molecule has 2 nitrogen and oxygen atoms in total. The summed E-state index contributed by atoms with van der Waals surface area (Å²) in [5.41, 5.74) is 0.284. The predicted molar refractivity (Wildman–Crippen MR) is 54.1 cm³/mol. The third kappa shape index (κ3) is 2.73. The van der Waals surface area contributed by atoms with Gasteiger partial charge in [-0.2, -0.15) is 0 Å². The Morgan fingerprint density at radius 1 is 1.57 bits per heavy atom. The number of carboxylic acid groups (broad SMARTS) is 1. The van der Waals surface area contributed by atoms with Crippen LogP contribution in [-0.4, -0.2) is 16.8 Å². The summed E-state index contributed by atoms with van der Waals surface area (Å²) < 4.78 is 13.3. The summed E-state index contributed by atoms with van der Waals surface area (Å²) in [5.74, 6) is -0.644. The van der Waals surface area contributed by atoms with Crippen molar-refractivity contribution >= 4 is 17.7 Å². The molecule has 0 saturated heterocycles. The van der Waals surface area contributed by atoms with E-state index in [1.54, 1.807) is 12.1 Å². The van der Waals surface area contributed by atoms with Crippen LogP contribution in [0.15, 0.2) is 23.1 Å². The Morgan fingerprint density at radius 2 is 2.29 bits per heavy atom. The zero-order chi connectivity index (χ0) is 10.6. The van der Waals surface area contributed by atoms with Gasteiger partial charge in [0.2, 0.25) is 0 Å². The van der Waals surface area contributed by atoms with Crippen LogP contribution in [0.3, 0.4) is 0 Å². The minimum Gasteiger partial charge on any atom is -0.481 e. The summed E-state index contributed by atoms with van der Waals surface area (Å²) in [5, 5.41) is 8.61. The number of hydrogen-bond donors (Lipinski definition) is 1. The number of carboxylic acids is 1. The lowest BCUT2D eigenvalue weighted by Crippen LogP contribution is -2.04. The predicted octanol–water partition coefficient (Wildman–Crippen LogP) is 2.56. The Labute approximate surface area is 86.1 Å². The lowest BCUT2D eigenvalue weighted by Gasteiger charge is -2.06. The van der Waals surface area contributed by atoms with Gasteiger partial charge in [0.1, 0.15) is 5.82 Å². The van der Waals surface area contributed by atoms with Gasteiger partial charge >= 0.3 is 5.97 Å². The van der Waals surface area contributed by atoms with Crippen molar-refractivity contribution in [2.45, 2.75) is 18.2 Å². The van der Waals surface area contributed by atoms with E-state index >= 15 is 0 Å². The number of halogens is 1. The normalized spacial score (nSPS) is 10.1. The molecular weight excluding hydrogens is 203 g/mol. The van der Waals surface area contributed by atoms with Gasteiger partial charge in [-0.15, -0.1) is 11.8 Å². The fraction of sp³-hybridized carbons (Fsp3) is 0.300. The van der Waals surface area contributed by atoms with Crippen molar-refractivity contribution < 1.29 is 14.3 Å². The molecule has 1 aromatic carbocycles. The molecule has 0 amide bonds. The van der Waals surface area contributed by atoms with Crippen LogP contribution in [0.4, 0.5) is 4.39 Å². The lowest BCUT2D eigenvalue weighted by molar-refractivity contribution is -0.136. The molecule has 1 N–H and O–H groups in total. The van der Waals surface area contributed by atoms with Gasteiger partial charge in [0.05, 0.1) is 6.42 Å². The third-order valence-electron chi connectivity index (χ3n) is 1.70. The van der Waals surface area contributed by atoms with Crippen LogP contribution in [0, 0.1) is 5.82 Å². The van der Waals surface area contributed by atoms with Crippen LogP contribution in [0.5, 0.6) is 0 Å². The highest BCUT2D eigenvalue weighted by Crippen LogP contribution is 2.24. The SMILES string of the molecule is CCSc1cccc(F)c1CC(=O)O. The highest BCUT2D eigenvalue weighted by Gasteiger charge is 2.11. The van der Waals surface area contributed by atoms with Gasteiger partial charge in [0.25, 0.3) is 0 Å². The molecule has 76 valence electrons. The molecule has 0 bridgehead atoms. The van der Waals surface area contributed by atoms with Gasteiger partial charge in [-0.3, -0.25) is 4.79 Å². The van der Waals surface area contributed by atoms with E-state index in [1.165, 1.54) is 17.8 Å². The summed E-state index contributed by atoms with van der Waals surface area (Å²) in [4.78, 5) is 11.2. The fourth-order valence-corrected chi connectivity index (χ4v) is 1.98. The largest absolute Gasteiger partial charge is 0.481 e. The monoisotopic (exact) mass is 214 g/mol. The highest BCUT2D eigenvalue weighted by atomic mass is 32.2. The van der Waals surface area contributed by atoms with Crippen LogP contribution in [0.1, 0.15) is 12.5 Å². The average Bonchev–Trinajstić information content (AvgIpc) is 2.11. The molecule has 0 heterocycles. The molecule has 1 rings (SSSR count). The topological polar surface area (TPSA) is 37.3 Å². The van der Waals surface area contributed by atoms with Crippen LogP contribution < -0.4 is 0 Å². The Morgan fingerprint density at radius 3 is 2.86 bits per heavy atom. The molecule has 0 atom stereocenters. The van der Waals surface area contributed by atoms with Crippen molar-refractivity contribution in [2.24, 2.45) is 0 Å². The van der Waals surface area contributed by atoms with Crippen molar-refractivity contribution in [3.63, 3.8) is 0 Å². The minimum atomic E-state index is -1.01. The number of benzene rings is 1. The molecule has 0 aliphatic carbocycles. The maximum Gasteiger partial charge on any atom is 0.307 e. The molecule has 0 aliphatic rings. The second kappa shape index (κ2) is 5.00. The zero-order valence-corrected chi connectivity index (χ0v) is 8.60. The van der Waals surface area contributed by atoms with E-state index in [0.29, 0.717) is 0 Å². The standard InChI is InChI=1S/C10H11FO2S/c1-2-14-9-5-3-4-8(11)7(9)6-10(12)13/h3-5H,2,6H2,1H3,(H,12,13). The second-order valence-corrected chi connectivity index (χ2v) is 4.03. The average molecular weight is 214 g/mol. The molecule has 0 aliphatic heterocycles. The van der Waals surface area contributed by atoms with Crippen LogP contribution in [0.25, 0.3) is 0 Å². The number of aliphatic carboxylic acids is 1. The molecule has 0 fully saturated rings. The van der Waals surface area contributed by atoms with Crippen molar-refractivity contribution in [1.82, 2.24) is 0 Å². The molecule has 14 heavy (non-hydrogen) atoms. The maximum absolute atomic E-state index is 13.3. The summed E-state index contributed by atoms with van der Waals surface area (Å²) in [7, 11) is 0. The fourth-order valence-electron chi connectivity index (χ4n) is 1.15. The Bertz CT molecular complexity index is 339. The number of thioether (sulfide) groups is 1. The van der Waals surface area contributed by atoms with E-state index in [0.717, 1.165) is 10.6 Å². The van der Waals surface area contributed by atoms with Gasteiger partial charge in [-0.1, -0.05) is 13.0 Å². The van der Waals surface area contributed by atoms with Crippen molar-refractivity contribution in [1.29, 1.82) is 0 Å². The number of rotatable bonds is 4. The molecule has 0 saturated carbocycles. The molecule has 1 aromatic rings. The molecule has 0 radical (unpaired) electrons. The van der Waals surface area contributed by atoms with Crippen molar-refractivity contribution in [3.8, 4) is 0 Å². The Balaban J connectivity index is 3.02.